The fourth-order valence-electron chi connectivity index (χ4n) is 3.81. The number of esters is 1. The van der Waals surface area contributed by atoms with Crippen molar-refractivity contribution in [1.29, 1.82) is 0 Å². The summed E-state index contributed by atoms with van der Waals surface area (Å²) in [5.41, 5.74) is -0.102. The Morgan fingerprint density at radius 1 is 1.03 bits per heavy atom. The van der Waals surface area contributed by atoms with Crippen LogP contribution in [0.25, 0.3) is 0 Å². The third-order valence-electron chi connectivity index (χ3n) is 5.65. The van der Waals surface area contributed by atoms with Crippen LogP contribution in [0.2, 0.25) is 0 Å². The van der Waals surface area contributed by atoms with Crippen LogP contribution >= 0.6 is 0 Å². The monoisotopic (exact) mass is 477 g/mol. The first-order valence-electron chi connectivity index (χ1n) is 9.67. The fourth-order valence-corrected chi connectivity index (χ4v) is 7.26. The second-order valence-electron chi connectivity index (χ2n) is 7.68. The van der Waals surface area contributed by atoms with Gasteiger partial charge in [0.2, 0.25) is 9.84 Å². The van der Waals surface area contributed by atoms with E-state index in [9.17, 15) is 31.2 Å². The molecule has 2 aliphatic heterocycles. The molecular weight excluding hydrogens is 458 g/mol. The lowest BCUT2D eigenvalue weighted by molar-refractivity contribution is -0.134. The highest BCUT2D eigenvalue weighted by molar-refractivity contribution is 7.92. The van der Waals surface area contributed by atoms with Crippen LogP contribution in [0.15, 0.2) is 52.3 Å². The first-order chi connectivity index (χ1) is 15.0. The third-order valence-corrected chi connectivity index (χ3v) is 9.25. The summed E-state index contributed by atoms with van der Waals surface area (Å²) in [5, 5.41) is 0. The number of ketones is 1. The van der Waals surface area contributed by atoms with Crippen molar-refractivity contribution in [2.24, 2.45) is 0 Å². The van der Waals surface area contributed by atoms with Gasteiger partial charge in [-0.2, -0.15) is 0 Å². The molecule has 1 fully saturated rings. The molecular formula is C21H19NO8S2. The predicted molar refractivity (Wildman–Crippen MR) is 112 cm³/mol. The number of likely N-dealkylation sites (N-methyl/N-ethyl adjacent to an activating group) is 1. The lowest BCUT2D eigenvalue weighted by Crippen LogP contribution is -2.40. The maximum Gasteiger partial charge on any atom is 0.338 e. The molecule has 0 aliphatic carbocycles. The molecule has 2 aromatic rings. The number of rotatable bonds is 4. The molecule has 2 aromatic carbocycles. The van der Waals surface area contributed by atoms with Crippen LogP contribution in [-0.2, 0) is 29.2 Å². The molecule has 9 nitrogen and oxygen atoms in total. The highest BCUT2D eigenvalue weighted by atomic mass is 32.2. The molecule has 0 N–H and O–H groups in total. The lowest BCUT2D eigenvalue weighted by atomic mass is 10.0. The van der Waals surface area contributed by atoms with E-state index in [0.29, 0.717) is 6.42 Å². The van der Waals surface area contributed by atoms with Gasteiger partial charge in [-0.3, -0.25) is 9.59 Å². The molecule has 1 amide bonds. The Kier molecular flexibility index (Phi) is 5.41. The van der Waals surface area contributed by atoms with Crippen molar-refractivity contribution >= 4 is 37.3 Å². The van der Waals surface area contributed by atoms with E-state index in [2.05, 4.69) is 0 Å². The van der Waals surface area contributed by atoms with Gasteiger partial charge in [-0.1, -0.05) is 12.1 Å². The average Bonchev–Trinajstić information content (AvgIpc) is 3.14. The van der Waals surface area contributed by atoms with E-state index in [1.165, 1.54) is 42.3 Å². The number of benzene rings is 2. The van der Waals surface area contributed by atoms with Gasteiger partial charge in [0.15, 0.2) is 22.2 Å². The first kappa shape index (κ1) is 22.2. The van der Waals surface area contributed by atoms with Gasteiger partial charge in [-0.05, 0) is 36.8 Å². The SMILES string of the molecule is CN(C(=O)COC(=O)c1ccc2c(c1)S(=O)(=O)c1ccccc1C2=O)C1CCS(=O)(=O)C1. The van der Waals surface area contributed by atoms with Crippen molar-refractivity contribution in [3.8, 4) is 0 Å². The van der Waals surface area contributed by atoms with Crippen molar-refractivity contribution in [1.82, 2.24) is 4.90 Å². The van der Waals surface area contributed by atoms with Crippen molar-refractivity contribution in [2.75, 3.05) is 25.2 Å². The number of hydrogen-bond acceptors (Lipinski definition) is 8. The van der Waals surface area contributed by atoms with E-state index < -0.39 is 50.0 Å². The van der Waals surface area contributed by atoms with Crippen LogP contribution in [0, 0.1) is 0 Å². The fraction of sp³-hybridized carbons (Fsp3) is 0.286. The van der Waals surface area contributed by atoms with E-state index >= 15 is 0 Å². The molecule has 0 saturated carbocycles. The Labute approximate surface area is 184 Å². The number of hydrogen-bond donors (Lipinski definition) is 0. The third kappa shape index (κ3) is 3.82. The maximum absolute atomic E-state index is 13.0. The van der Waals surface area contributed by atoms with Gasteiger partial charge < -0.3 is 9.64 Å². The zero-order valence-corrected chi connectivity index (χ0v) is 18.6. The molecule has 1 unspecified atom stereocenters. The Morgan fingerprint density at radius 2 is 1.72 bits per heavy atom. The lowest BCUT2D eigenvalue weighted by Gasteiger charge is -2.23. The van der Waals surface area contributed by atoms with Gasteiger partial charge in [0.1, 0.15) is 0 Å². The molecule has 168 valence electrons. The highest BCUT2D eigenvalue weighted by Crippen LogP contribution is 2.34. The van der Waals surface area contributed by atoms with Gasteiger partial charge in [-0.15, -0.1) is 0 Å². The first-order valence-corrected chi connectivity index (χ1v) is 13.0. The molecule has 0 bridgehead atoms. The minimum atomic E-state index is -4.02. The summed E-state index contributed by atoms with van der Waals surface area (Å²) in [6.07, 6.45) is 0.316. The molecule has 1 atom stereocenters. The van der Waals surface area contributed by atoms with Gasteiger partial charge in [0.05, 0.1) is 26.9 Å². The van der Waals surface area contributed by atoms with Gasteiger partial charge in [0, 0.05) is 24.2 Å². The zero-order chi connectivity index (χ0) is 23.3. The van der Waals surface area contributed by atoms with Gasteiger partial charge >= 0.3 is 5.97 Å². The number of carbonyl (C=O) groups excluding carboxylic acids is 3. The smallest absolute Gasteiger partial charge is 0.338 e. The second kappa shape index (κ2) is 7.82. The van der Waals surface area contributed by atoms with Crippen molar-refractivity contribution in [3.05, 3.63) is 59.2 Å². The number of carbonyl (C=O) groups is 3. The van der Waals surface area contributed by atoms with E-state index in [0.717, 1.165) is 6.07 Å². The molecule has 1 saturated heterocycles. The van der Waals surface area contributed by atoms with Crippen molar-refractivity contribution in [3.63, 3.8) is 0 Å². The summed E-state index contributed by atoms with van der Waals surface area (Å²) in [5.74, 6) is -2.11. The number of amides is 1. The summed E-state index contributed by atoms with van der Waals surface area (Å²) in [6.45, 7) is -0.628. The van der Waals surface area contributed by atoms with E-state index in [4.69, 9.17) is 4.74 Å². The minimum Gasteiger partial charge on any atom is -0.452 e. The Bertz CT molecular complexity index is 1360. The molecule has 0 aromatic heterocycles. The molecule has 32 heavy (non-hydrogen) atoms. The summed E-state index contributed by atoms with van der Waals surface area (Å²) in [6, 6.07) is 8.93. The maximum atomic E-state index is 13.0. The van der Waals surface area contributed by atoms with Crippen LogP contribution in [0.1, 0.15) is 32.7 Å². The highest BCUT2D eigenvalue weighted by Gasteiger charge is 2.36. The number of nitrogens with zero attached hydrogens (tertiary/aromatic N) is 1. The van der Waals surface area contributed by atoms with Crippen LogP contribution in [-0.4, -0.2) is 70.6 Å². The van der Waals surface area contributed by atoms with E-state index in [1.54, 1.807) is 6.07 Å². The van der Waals surface area contributed by atoms with Crippen LogP contribution in [0.3, 0.4) is 0 Å². The standard InChI is InChI=1S/C21H19NO8S2/c1-22(14-8-9-31(26,27)12-14)19(23)11-30-21(25)13-6-7-16-18(10-13)32(28,29)17-5-3-2-4-15(17)20(16)24/h2-7,10,14H,8-9,11-12H2,1H3. The van der Waals surface area contributed by atoms with Crippen molar-refractivity contribution in [2.45, 2.75) is 22.3 Å². The molecule has 0 radical (unpaired) electrons. The Hall–Kier alpha value is -3.05. The molecule has 11 heteroatoms. The zero-order valence-electron chi connectivity index (χ0n) is 17.0. The molecule has 4 rings (SSSR count). The summed E-state index contributed by atoms with van der Waals surface area (Å²) in [4.78, 5) is 38.2. The Balaban J connectivity index is 1.51. The summed E-state index contributed by atoms with van der Waals surface area (Å²) in [7, 11) is -5.76. The van der Waals surface area contributed by atoms with Gasteiger partial charge in [-0.25, -0.2) is 21.6 Å². The average molecular weight is 478 g/mol. The topological polar surface area (TPSA) is 132 Å². The number of sulfone groups is 2. The van der Waals surface area contributed by atoms with Crippen LogP contribution in [0.5, 0.6) is 0 Å². The van der Waals surface area contributed by atoms with Gasteiger partial charge in [0.25, 0.3) is 5.91 Å². The van der Waals surface area contributed by atoms with Crippen LogP contribution in [0.4, 0.5) is 0 Å². The largest absolute Gasteiger partial charge is 0.452 e. The summed E-state index contributed by atoms with van der Waals surface area (Å²) >= 11 is 0. The van der Waals surface area contributed by atoms with Crippen LogP contribution < -0.4 is 0 Å². The molecule has 0 spiro atoms. The van der Waals surface area contributed by atoms with E-state index in [1.807, 2.05) is 0 Å². The Morgan fingerprint density at radius 3 is 2.41 bits per heavy atom. The molecule has 2 aliphatic rings. The minimum absolute atomic E-state index is 0.000518. The number of ether oxygens (including phenoxy) is 1. The quantitative estimate of drug-likeness (QED) is 0.506. The van der Waals surface area contributed by atoms with Crippen molar-refractivity contribution < 1.29 is 36.0 Å². The predicted octanol–water partition coefficient (Wildman–Crippen LogP) is 0.866. The number of fused-ring (bicyclic) bond motifs is 2. The van der Waals surface area contributed by atoms with E-state index in [-0.39, 0.29) is 38.0 Å². The molecule has 2 heterocycles. The normalized spacial score (nSPS) is 20.2. The summed E-state index contributed by atoms with van der Waals surface area (Å²) < 4.78 is 54.1. The second-order valence-corrected chi connectivity index (χ2v) is 11.8.